The number of fused-ring (bicyclic) bond motifs is 1. The van der Waals surface area contributed by atoms with E-state index in [1.165, 1.54) is 6.07 Å². The monoisotopic (exact) mass is 538 g/mol. The number of allylic oxidation sites excluding steroid dienone is 2. The predicted molar refractivity (Wildman–Crippen MR) is 143 cm³/mol. The van der Waals surface area contributed by atoms with Crippen molar-refractivity contribution in [1.82, 2.24) is 15.3 Å². The van der Waals surface area contributed by atoms with E-state index in [2.05, 4.69) is 38.2 Å². The molecular weight excluding hydrogens is 509 g/mol. The molecule has 2 aromatic carbocycles. The summed E-state index contributed by atoms with van der Waals surface area (Å²) in [6, 6.07) is 13.4. The summed E-state index contributed by atoms with van der Waals surface area (Å²) >= 11 is 0. The smallest absolute Gasteiger partial charge is 0.406 e. The second-order valence-electron chi connectivity index (χ2n) is 9.99. The zero-order valence-electron chi connectivity index (χ0n) is 21.3. The third-order valence-electron chi connectivity index (χ3n) is 7.31. The van der Waals surface area contributed by atoms with Crippen molar-refractivity contribution < 1.29 is 22.7 Å². The van der Waals surface area contributed by atoms with Crippen LogP contribution in [0, 0.1) is 5.41 Å². The van der Waals surface area contributed by atoms with Crippen molar-refractivity contribution in [2.45, 2.75) is 38.5 Å². The number of carbonyl (C=O) groups is 1. The van der Waals surface area contributed by atoms with Crippen LogP contribution in [0.15, 0.2) is 77.1 Å². The highest BCUT2D eigenvalue weighted by Crippen LogP contribution is 2.37. The van der Waals surface area contributed by atoms with Crippen LogP contribution in [0.3, 0.4) is 0 Å². The highest BCUT2D eigenvalue weighted by molar-refractivity contribution is 5.84. The minimum absolute atomic E-state index is 0.00128. The van der Waals surface area contributed by atoms with E-state index >= 15 is 0 Å². The maximum Gasteiger partial charge on any atom is 0.573 e. The Kier molecular flexibility index (Phi) is 7.45. The van der Waals surface area contributed by atoms with Gasteiger partial charge in [-0.25, -0.2) is 4.98 Å². The maximum atomic E-state index is 13.6. The van der Waals surface area contributed by atoms with Crippen LogP contribution in [0.1, 0.15) is 31.2 Å². The standard InChI is InChI=1S/C29H29F3N4O3/c30-29(31,32)39-22-11-12-24-23(17-22)25(37)35-27(34-24)36-15-13-28(14-16-36,18-20-7-3-1-4-8-20)26(38)33-19-21-9-5-2-6-10-21/h1,3-5,7-12,17H,2,6,13-16,18-19H2,(H,33,38)(H,34,35,37). The summed E-state index contributed by atoms with van der Waals surface area (Å²) in [5, 5.41) is 3.15. The molecule has 2 aliphatic rings. The molecule has 1 aliphatic heterocycles. The fraction of sp³-hybridized carbons (Fsp3) is 0.345. The quantitative estimate of drug-likeness (QED) is 0.440. The van der Waals surface area contributed by atoms with E-state index in [-0.39, 0.29) is 16.8 Å². The third-order valence-corrected chi connectivity index (χ3v) is 7.31. The number of piperidine rings is 1. The molecule has 2 heterocycles. The van der Waals surface area contributed by atoms with Gasteiger partial charge in [0.1, 0.15) is 5.75 Å². The lowest BCUT2D eigenvalue weighted by atomic mass is 9.73. The zero-order valence-corrected chi connectivity index (χ0v) is 21.3. The highest BCUT2D eigenvalue weighted by Gasteiger charge is 2.42. The molecule has 1 aliphatic carbocycles. The van der Waals surface area contributed by atoms with Gasteiger partial charge in [0.25, 0.3) is 5.56 Å². The summed E-state index contributed by atoms with van der Waals surface area (Å²) in [5.74, 6) is -0.157. The fourth-order valence-corrected chi connectivity index (χ4v) is 5.24. The molecule has 3 aromatic rings. The number of hydrogen-bond acceptors (Lipinski definition) is 5. The van der Waals surface area contributed by atoms with Crippen molar-refractivity contribution in [2.24, 2.45) is 5.41 Å². The molecule has 2 N–H and O–H groups in total. The van der Waals surface area contributed by atoms with Crippen LogP contribution in [0.2, 0.25) is 0 Å². The molecule has 0 saturated carbocycles. The molecule has 0 radical (unpaired) electrons. The van der Waals surface area contributed by atoms with Gasteiger partial charge in [-0.15, -0.1) is 13.2 Å². The minimum atomic E-state index is -4.86. The van der Waals surface area contributed by atoms with Crippen molar-refractivity contribution >= 4 is 22.8 Å². The second kappa shape index (κ2) is 11.0. The number of amides is 1. The third kappa shape index (κ3) is 6.32. The maximum absolute atomic E-state index is 13.6. The van der Waals surface area contributed by atoms with E-state index in [1.54, 1.807) is 0 Å². The van der Waals surface area contributed by atoms with Crippen LogP contribution < -0.4 is 20.5 Å². The molecular formula is C29H29F3N4O3. The summed E-state index contributed by atoms with van der Waals surface area (Å²) < 4.78 is 41.7. The Bertz CT molecular complexity index is 1460. The van der Waals surface area contributed by atoms with E-state index in [1.807, 2.05) is 35.2 Å². The Morgan fingerprint density at radius 2 is 1.87 bits per heavy atom. The molecule has 39 heavy (non-hydrogen) atoms. The van der Waals surface area contributed by atoms with Crippen LogP contribution in [-0.4, -0.2) is 41.9 Å². The zero-order chi connectivity index (χ0) is 27.5. The molecule has 204 valence electrons. The average molecular weight is 539 g/mol. The largest absolute Gasteiger partial charge is 0.573 e. The van der Waals surface area contributed by atoms with Crippen LogP contribution in [-0.2, 0) is 11.2 Å². The van der Waals surface area contributed by atoms with Gasteiger partial charge in [0.05, 0.1) is 16.3 Å². The summed E-state index contributed by atoms with van der Waals surface area (Å²) in [4.78, 5) is 35.4. The van der Waals surface area contributed by atoms with Crippen molar-refractivity contribution in [2.75, 3.05) is 24.5 Å². The number of benzene rings is 2. The van der Waals surface area contributed by atoms with Crippen molar-refractivity contribution in [3.8, 4) is 5.75 Å². The number of nitrogens with one attached hydrogen (secondary N) is 2. The molecule has 7 nitrogen and oxygen atoms in total. The molecule has 1 amide bonds. The van der Waals surface area contributed by atoms with Crippen LogP contribution >= 0.6 is 0 Å². The lowest BCUT2D eigenvalue weighted by molar-refractivity contribution is -0.274. The Balaban J connectivity index is 1.34. The lowest BCUT2D eigenvalue weighted by Crippen LogP contribution is -2.51. The van der Waals surface area contributed by atoms with Gasteiger partial charge in [-0.2, -0.15) is 0 Å². The lowest BCUT2D eigenvalue weighted by Gasteiger charge is -2.41. The number of H-pyrrole nitrogens is 1. The molecule has 1 fully saturated rings. The van der Waals surface area contributed by atoms with E-state index in [4.69, 9.17) is 0 Å². The molecule has 10 heteroatoms. The van der Waals surface area contributed by atoms with E-state index in [0.717, 1.165) is 36.1 Å². The second-order valence-corrected chi connectivity index (χ2v) is 9.99. The van der Waals surface area contributed by atoms with Gasteiger partial charge in [0, 0.05) is 19.6 Å². The number of rotatable bonds is 7. The predicted octanol–water partition coefficient (Wildman–Crippen LogP) is 5.04. The van der Waals surface area contributed by atoms with Gasteiger partial charge in [-0.05, 0) is 61.4 Å². The summed E-state index contributed by atoms with van der Waals surface area (Å²) in [6.45, 7) is 1.44. The number of nitrogens with zero attached hydrogens (tertiary/aromatic N) is 2. The van der Waals surface area contributed by atoms with Gasteiger partial charge in [-0.1, -0.05) is 48.6 Å². The minimum Gasteiger partial charge on any atom is -0.406 e. The van der Waals surface area contributed by atoms with Gasteiger partial charge < -0.3 is 15.0 Å². The number of alkyl halides is 3. The summed E-state index contributed by atoms with van der Waals surface area (Å²) in [5.41, 5.74) is 1.25. The van der Waals surface area contributed by atoms with Crippen molar-refractivity contribution in [1.29, 1.82) is 0 Å². The SMILES string of the molecule is O=C(NCC1=CCCC=C1)C1(Cc2ccccc2)CCN(c2nc3ccc(OC(F)(F)F)cc3c(=O)[nH]2)CC1. The van der Waals surface area contributed by atoms with Crippen molar-refractivity contribution in [3.05, 3.63) is 88.2 Å². The molecule has 0 bridgehead atoms. The number of anilines is 1. The van der Waals surface area contributed by atoms with E-state index in [9.17, 15) is 22.8 Å². The molecule has 5 rings (SSSR count). The number of hydrogen-bond donors (Lipinski definition) is 2. The van der Waals surface area contributed by atoms with Crippen LogP contribution in [0.25, 0.3) is 10.9 Å². The van der Waals surface area contributed by atoms with Gasteiger partial charge in [-0.3, -0.25) is 14.6 Å². The van der Waals surface area contributed by atoms with Crippen molar-refractivity contribution in [3.63, 3.8) is 0 Å². The summed E-state index contributed by atoms with van der Waals surface area (Å²) in [7, 11) is 0. The first-order chi connectivity index (χ1) is 18.7. The first-order valence-corrected chi connectivity index (χ1v) is 12.9. The average Bonchev–Trinajstić information content (AvgIpc) is 2.92. The molecule has 1 saturated heterocycles. The Morgan fingerprint density at radius 3 is 2.56 bits per heavy atom. The number of carbonyl (C=O) groups excluding carboxylic acids is 1. The van der Waals surface area contributed by atoms with Crippen LogP contribution in [0.4, 0.5) is 19.1 Å². The first-order valence-electron chi connectivity index (χ1n) is 12.9. The Labute approximate surface area is 223 Å². The topological polar surface area (TPSA) is 87.3 Å². The first kappa shape index (κ1) is 26.5. The number of halogens is 3. The number of aromatic nitrogens is 2. The highest BCUT2D eigenvalue weighted by atomic mass is 19.4. The van der Waals surface area contributed by atoms with E-state index in [0.29, 0.717) is 44.8 Å². The fourth-order valence-electron chi connectivity index (χ4n) is 5.24. The van der Waals surface area contributed by atoms with Gasteiger partial charge in [0.2, 0.25) is 11.9 Å². The van der Waals surface area contributed by atoms with Gasteiger partial charge >= 0.3 is 6.36 Å². The molecule has 0 spiro atoms. The number of aromatic amines is 1. The normalized spacial score (nSPS) is 17.1. The molecule has 1 aromatic heterocycles. The van der Waals surface area contributed by atoms with Crippen LogP contribution in [0.5, 0.6) is 5.75 Å². The Hall–Kier alpha value is -4.08. The molecule has 0 atom stereocenters. The van der Waals surface area contributed by atoms with E-state index < -0.39 is 23.1 Å². The Morgan fingerprint density at radius 1 is 1.10 bits per heavy atom. The number of ether oxygens (including phenoxy) is 1. The molecule has 0 unspecified atom stereocenters. The van der Waals surface area contributed by atoms with Gasteiger partial charge in [0.15, 0.2) is 0 Å². The summed E-state index contributed by atoms with van der Waals surface area (Å²) in [6.07, 6.45) is 5.11.